The molecule has 1 unspecified atom stereocenters. The molecule has 0 amide bonds. The molecule has 1 atom stereocenters. The van der Waals surface area contributed by atoms with Gasteiger partial charge in [-0.3, -0.25) is 4.99 Å². The van der Waals surface area contributed by atoms with E-state index in [2.05, 4.69) is 4.99 Å². The largest absolute Gasteiger partial charge is 0.385 e. The maximum atomic E-state index is 5.59. The maximum Gasteiger partial charge on any atom is 0.123 e. The van der Waals surface area contributed by atoms with E-state index in [4.69, 9.17) is 10.5 Å². The lowest BCUT2D eigenvalue weighted by molar-refractivity contribution is 0.0983. The summed E-state index contributed by atoms with van der Waals surface area (Å²) in [6, 6.07) is 0. The highest BCUT2D eigenvalue weighted by molar-refractivity contribution is 5.85. The SMILES string of the molecule is CCOC1CCCN=C1N. The van der Waals surface area contributed by atoms with Gasteiger partial charge in [-0.15, -0.1) is 0 Å². The van der Waals surface area contributed by atoms with E-state index in [0.29, 0.717) is 5.84 Å². The van der Waals surface area contributed by atoms with Crippen LogP contribution in [0.3, 0.4) is 0 Å². The third-order valence-electron chi connectivity index (χ3n) is 1.62. The van der Waals surface area contributed by atoms with Crippen molar-refractivity contribution in [3.63, 3.8) is 0 Å². The molecule has 0 saturated carbocycles. The van der Waals surface area contributed by atoms with E-state index in [-0.39, 0.29) is 6.10 Å². The van der Waals surface area contributed by atoms with Gasteiger partial charge < -0.3 is 10.5 Å². The van der Waals surface area contributed by atoms with Gasteiger partial charge in [-0.25, -0.2) is 0 Å². The summed E-state index contributed by atoms with van der Waals surface area (Å²) in [5.74, 6) is 0.674. The Labute approximate surface area is 61.3 Å². The summed E-state index contributed by atoms with van der Waals surface area (Å²) in [6.07, 6.45) is 2.23. The summed E-state index contributed by atoms with van der Waals surface area (Å²) in [7, 11) is 0. The average Bonchev–Trinajstić information content (AvgIpc) is 1.94. The smallest absolute Gasteiger partial charge is 0.123 e. The molecule has 10 heavy (non-hydrogen) atoms. The molecule has 0 saturated heterocycles. The van der Waals surface area contributed by atoms with Crippen LogP contribution < -0.4 is 5.73 Å². The molecule has 1 aliphatic heterocycles. The first-order valence-corrected chi connectivity index (χ1v) is 3.76. The molecular weight excluding hydrogens is 128 g/mol. The Morgan fingerprint density at radius 1 is 1.80 bits per heavy atom. The van der Waals surface area contributed by atoms with Crippen molar-refractivity contribution in [3.05, 3.63) is 0 Å². The zero-order valence-corrected chi connectivity index (χ0v) is 6.34. The molecule has 2 N–H and O–H groups in total. The van der Waals surface area contributed by atoms with Gasteiger partial charge in [-0.1, -0.05) is 0 Å². The lowest BCUT2D eigenvalue weighted by Crippen LogP contribution is -2.34. The number of nitrogens with two attached hydrogens (primary N) is 1. The Bertz CT molecular complexity index is 134. The van der Waals surface area contributed by atoms with Crippen molar-refractivity contribution >= 4 is 5.84 Å². The minimum Gasteiger partial charge on any atom is -0.385 e. The number of rotatable bonds is 2. The molecule has 0 aromatic heterocycles. The summed E-state index contributed by atoms with van der Waals surface area (Å²) in [4.78, 5) is 4.10. The zero-order valence-electron chi connectivity index (χ0n) is 6.34. The number of hydrogen-bond acceptors (Lipinski definition) is 3. The molecule has 0 aromatic rings. The van der Waals surface area contributed by atoms with Crippen LogP contribution in [0.2, 0.25) is 0 Å². The van der Waals surface area contributed by atoms with Crippen LogP contribution in [0.15, 0.2) is 4.99 Å². The number of nitrogens with zero attached hydrogens (tertiary/aromatic N) is 1. The third kappa shape index (κ3) is 1.70. The number of amidine groups is 1. The Morgan fingerprint density at radius 2 is 2.60 bits per heavy atom. The van der Waals surface area contributed by atoms with E-state index < -0.39 is 0 Å². The molecule has 1 heterocycles. The van der Waals surface area contributed by atoms with E-state index in [1.165, 1.54) is 0 Å². The molecule has 0 aliphatic carbocycles. The molecule has 0 aromatic carbocycles. The second-order valence-corrected chi connectivity index (χ2v) is 2.39. The minimum atomic E-state index is 0.0961. The Kier molecular flexibility index (Phi) is 2.68. The second-order valence-electron chi connectivity index (χ2n) is 2.39. The van der Waals surface area contributed by atoms with E-state index in [1.807, 2.05) is 6.92 Å². The molecule has 0 spiro atoms. The van der Waals surface area contributed by atoms with Crippen LogP contribution in [-0.4, -0.2) is 25.1 Å². The van der Waals surface area contributed by atoms with Gasteiger partial charge in [0.2, 0.25) is 0 Å². The first kappa shape index (κ1) is 7.54. The van der Waals surface area contributed by atoms with Crippen molar-refractivity contribution in [2.24, 2.45) is 10.7 Å². The van der Waals surface area contributed by atoms with Crippen molar-refractivity contribution in [3.8, 4) is 0 Å². The highest BCUT2D eigenvalue weighted by atomic mass is 16.5. The van der Waals surface area contributed by atoms with Gasteiger partial charge in [-0.05, 0) is 19.8 Å². The van der Waals surface area contributed by atoms with Gasteiger partial charge in [0.25, 0.3) is 0 Å². The van der Waals surface area contributed by atoms with Crippen LogP contribution in [0.1, 0.15) is 19.8 Å². The predicted molar refractivity (Wildman–Crippen MR) is 41.1 cm³/mol. The molecule has 1 rings (SSSR count). The molecule has 0 radical (unpaired) electrons. The second kappa shape index (κ2) is 3.56. The number of hydrogen-bond donors (Lipinski definition) is 1. The normalized spacial score (nSPS) is 26.1. The summed E-state index contributed by atoms with van der Waals surface area (Å²) in [6.45, 7) is 3.57. The molecule has 0 bridgehead atoms. The topological polar surface area (TPSA) is 47.6 Å². The lowest BCUT2D eigenvalue weighted by Gasteiger charge is -2.19. The van der Waals surface area contributed by atoms with Gasteiger partial charge >= 0.3 is 0 Å². The van der Waals surface area contributed by atoms with E-state index in [1.54, 1.807) is 0 Å². The maximum absolute atomic E-state index is 5.59. The molecular formula is C7H14N2O. The van der Waals surface area contributed by atoms with Gasteiger partial charge in [-0.2, -0.15) is 0 Å². The summed E-state index contributed by atoms with van der Waals surface area (Å²) >= 11 is 0. The quantitative estimate of drug-likeness (QED) is 0.611. The summed E-state index contributed by atoms with van der Waals surface area (Å²) in [5.41, 5.74) is 5.59. The minimum absolute atomic E-state index is 0.0961. The Hall–Kier alpha value is -0.570. The number of aliphatic imine (C=N–C) groups is 1. The van der Waals surface area contributed by atoms with E-state index in [0.717, 1.165) is 26.0 Å². The third-order valence-corrected chi connectivity index (χ3v) is 1.62. The lowest BCUT2D eigenvalue weighted by atomic mass is 10.1. The highest BCUT2D eigenvalue weighted by Crippen LogP contribution is 2.07. The van der Waals surface area contributed by atoms with Gasteiger partial charge in [0, 0.05) is 13.2 Å². The molecule has 1 aliphatic rings. The first-order chi connectivity index (χ1) is 4.84. The van der Waals surface area contributed by atoms with Crippen LogP contribution >= 0.6 is 0 Å². The van der Waals surface area contributed by atoms with Crippen LogP contribution in [0.4, 0.5) is 0 Å². The van der Waals surface area contributed by atoms with Gasteiger partial charge in [0.15, 0.2) is 0 Å². The molecule has 58 valence electrons. The Morgan fingerprint density at radius 3 is 3.20 bits per heavy atom. The average molecular weight is 142 g/mol. The van der Waals surface area contributed by atoms with Gasteiger partial charge in [0.05, 0.1) is 0 Å². The van der Waals surface area contributed by atoms with Crippen molar-refractivity contribution < 1.29 is 4.74 Å². The summed E-state index contributed by atoms with van der Waals surface area (Å²) < 4.78 is 5.34. The van der Waals surface area contributed by atoms with Crippen molar-refractivity contribution in [2.75, 3.05) is 13.2 Å². The zero-order chi connectivity index (χ0) is 7.40. The van der Waals surface area contributed by atoms with Crippen molar-refractivity contribution in [1.29, 1.82) is 0 Å². The van der Waals surface area contributed by atoms with E-state index in [9.17, 15) is 0 Å². The number of ether oxygens (including phenoxy) is 1. The van der Waals surface area contributed by atoms with Crippen molar-refractivity contribution in [1.82, 2.24) is 0 Å². The fourth-order valence-corrected chi connectivity index (χ4v) is 1.10. The van der Waals surface area contributed by atoms with Crippen molar-refractivity contribution in [2.45, 2.75) is 25.9 Å². The van der Waals surface area contributed by atoms with E-state index >= 15 is 0 Å². The van der Waals surface area contributed by atoms with Crippen LogP contribution in [0.5, 0.6) is 0 Å². The first-order valence-electron chi connectivity index (χ1n) is 3.76. The molecule has 3 heteroatoms. The molecule has 3 nitrogen and oxygen atoms in total. The summed E-state index contributed by atoms with van der Waals surface area (Å²) in [5, 5.41) is 0. The van der Waals surface area contributed by atoms with Crippen LogP contribution in [-0.2, 0) is 4.74 Å². The van der Waals surface area contributed by atoms with Crippen LogP contribution in [0, 0.1) is 0 Å². The standard InChI is InChI=1S/C7H14N2O/c1-2-10-6-4-3-5-9-7(6)8/h6H,2-5H2,1H3,(H2,8,9). The fraction of sp³-hybridized carbons (Fsp3) is 0.857. The monoisotopic (exact) mass is 142 g/mol. The van der Waals surface area contributed by atoms with Gasteiger partial charge in [0.1, 0.15) is 11.9 Å². The fourth-order valence-electron chi connectivity index (χ4n) is 1.10. The highest BCUT2D eigenvalue weighted by Gasteiger charge is 2.15. The van der Waals surface area contributed by atoms with Crippen LogP contribution in [0.25, 0.3) is 0 Å². The Balaban J connectivity index is 2.41. The molecule has 0 fully saturated rings. The predicted octanol–water partition coefficient (Wildman–Crippen LogP) is 0.543.